The number of benzene rings is 2. The average Bonchev–Trinajstić information content (AvgIpc) is 3.56. The standard InChI is InChI=1S/C20H17ClFIN4O5/c21-13-6-3-10(16(24)17(28)9-1-2-9)7-15(13)27(26-20(31)32)19(30)25-18(29)12-5-4-11(23)8-14(12)22/h3-9,16,26H,1-2,24H2,(H,31,32)(H,25,29,30). The molecule has 168 valence electrons. The van der Waals surface area contributed by atoms with Crippen LogP contribution < -0.4 is 21.5 Å². The Morgan fingerprint density at radius 1 is 1.19 bits per heavy atom. The first-order valence-corrected chi connectivity index (χ1v) is 10.7. The van der Waals surface area contributed by atoms with Crippen LogP contribution in [0.4, 0.5) is 19.7 Å². The molecule has 1 fully saturated rings. The molecule has 1 aliphatic rings. The maximum absolute atomic E-state index is 14.1. The summed E-state index contributed by atoms with van der Waals surface area (Å²) in [5.74, 6) is -2.24. The van der Waals surface area contributed by atoms with E-state index in [0.717, 1.165) is 18.9 Å². The predicted octanol–water partition coefficient (Wildman–Crippen LogP) is 3.60. The number of hydrogen-bond acceptors (Lipinski definition) is 5. The summed E-state index contributed by atoms with van der Waals surface area (Å²) in [5.41, 5.74) is 7.57. The number of Topliss-reactive ketones (excluding diaryl/α,β-unsaturated/α-hetero) is 1. The molecule has 0 spiro atoms. The van der Waals surface area contributed by atoms with Crippen molar-refractivity contribution in [2.45, 2.75) is 18.9 Å². The number of carboxylic acid groups (broad SMARTS) is 1. The van der Waals surface area contributed by atoms with Crippen molar-refractivity contribution in [1.82, 2.24) is 10.7 Å². The van der Waals surface area contributed by atoms with Crippen LogP contribution in [0.2, 0.25) is 5.02 Å². The molecule has 9 nitrogen and oxygen atoms in total. The van der Waals surface area contributed by atoms with Crippen molar-refractivity contribution in [3.8, 4) is 0 Å². The molecule has 5 N–H and O–H groups in total. The van der Waals surface area contributed by atoms with E-state index >= 15 is 0 Å². The molecule has 0 aliphatic heterocycles. The normalized spacial score (nSPS) is 13.8. The summed E-state index contributed by atoms with van der Waals surface area (Å²) in [6.07, 6.45) is -0.133. The molecule has 0 bridgehead atoms. The molecule has 1 atom stereocenters. The Morgan fingerprint density at radius 3 is 2.47 bits per heavy atom. The molecule has 4 amide bonds. The van der Waals surface area contributed by atoms with Gasteiger partial charge in [-0.2, -0.15) is 5.01 Å². The van der Waals surface area contributed by atoms with E-state index < -0.39 is 35.5 Å². The largest absolute Gasteiger partial charge is 0.464 e. The van der Waals surface area contributed by atoms with Gasteiger partial charge in [-0.05, 0) is 71.3 Å². The fourth-order valence-electron chi connectivity index (χ4n) is 2.89. The number of nitrogens with two attached hydrogens (primary N) is 1. The number of carbonyl (C=O) groups is 4. The van der Waals surface area contributed by atoms with Gasteiger partial charge >= 0.3 is 12.1 Å². The third-order valence-corrected chi connectivity index (χ3v) is 5.65. The van der Waals surface area contributed by atoms with Gasteiger partial charge in [0.2, 0.25) is 0 Å². The van der Waals surface area contributed by atoms with Gasteiger partial charge in [-0.1, -0.05) is 17.7 Å². The first-order valence-electron chi connectivity index (χ1n) is 9.27. The van der Waals surface area contributed by atoms with E-state index in [0.29, 0.717) is 14.1 Å². The number of hydrazine groups is 1. The number of ketones is 1. The lowest BCUT2D eigenvalue weighted by Crippen LogP contribution is -2.52. The lowest BCUT2D eigenvalue weighted by atomic mass is 10.00. The molecule has 0 radical (unpaired) electrons. The number of amides is 4. The fourth-order valence-corrected chi connectivity index (χ4v) is 3.55. The van der Waals surface area contributed by atoms with Crippen LogP contribution in [-0.4, -0.2) is 28.9 Å². The molecule has 0 heterocycles. The van der Waals surface area contributed by atoms with Crippen LogP contribution in [0, 0.1) is 15.3 Å². The van der Waals surface area contributed by atoms with Gasteiger partial charge in [0.1, 0.15) is 5.82 Å². The number of halogens is 3. The van der Waals surface area contributed by atoms with E-state index in [-0.39, 0.29) is 22.4 Å². The Labute approximate surface area is 200 Å². The topological polar surface area (TPSA) is 142 Å². The van der Waals surface area contributed by atoms with Crippen LogP contribution in [-0.2, 0) is 4.79 Å². The van der Waals surface area contributed by atoms with Crippen molar-refractivity contribution >= 4 is 63.7 Å². The molecule has 32 heavy (non-hydrogen) atoms. The number of rotatable bonds is 5. The highest BCUT2D eigenvalue weighted by Gasteiger charge is 2.34. The van der Waals surface area contributed by atoms with Gasteiger partial charge in [0.25, 0.3) is 5.91 Å². The summed E-state index contributed by atoms with van der Waals surface area (Å²) >= 11 is 8.00. The van der Waals surface area contributed by atoms with Crippen molar-refractivity contribution in [3.05, 3.63) is 61.9 Å². The zero-order chi connectivity index (χ0) is 23.6. The van der Waals surface area contributed by atoms with E-state index in [4.69, 9.17) is 22.4 Å². The Morgan fingerprint density at radius 2 is 1.88 bits per heavy atom. The van der Waals surface area contributed by atoms with Crippen LogP contribution in [0.25, 0.3) is 0 Å². The minimum atomic E-state index is -1.63. The maximum Gasteiger partial charge on any atom is 0.424 e. The number of urea groups is 1. The monoisotopic (exact) mass is 574 g/mol. The maximum atomic E-state index is 14.1. The van der Waals surface area contributed by atoms with Crippen molar-refractivity contribution in [2.75, 3.05) is 5.01 Å². The molecule has 2 aromatic rings. The molecule has 1 unspecified atom stereocenters. The highest BCUT2D eigenvalue weighted by atomic mass is 127. The van der Waals surface area contributed by atoms with Crippen molar-refractivity contribution in [3.63, 3.8) is 0 Å². The van der Waals surface area contributed by atoms with E-state index in [1.807, 2.05) is 33.3 Å². The average molecular weight is 575 g/mol. The summed E-state index contributed by atoms with van der Waals surface area (Å²) in [6.45, 7) is 0. The zero-order valence-corrected chi connectivity index (χ0v) is 19.2. The van der Waals surface area contributed by atoms with Crippen molar-refractivity contribution in [2.24, 2.45) is 11.7 Å². The molecule has 3 rings (SSSR count). The van der Waals surface area contributed by atoms with Gasteiger partial charge in [-0.15, -0.1) is 0 Å². The van der Waals surface area contributed by atoms with Crippen LogP contribution in [0.5, 0.6) is 0 Å². The van der Waals surface area contributed by atoms with Gasteiger partial charge in [0.05, 0.1) is 22.3 Å². The lowest BCUT2D eigenvalue weighted by molar-refractivity contribution is -0.121. The molecule has 12 heteroatoms. The fraction of sp³-hybridized carbons (Fsp3) is 0.200. The van der Waals surface area contributed by atoms with Gasteiger partial charge < -0.3 is 10.8 Å². The Kier molecular flexibility index (Phi) is 7.31. The van der Waals surface area contributed by atoms with Crippen LogP contribution >= 0.6 is 34.2 Å². The SMILES string of the molecule is NC(C(=O)C1CC1)c1ccc(Cl)c(N(NC(=O)O)C(=O)NC(=O)c2ccc(I)cc2F)c1. The third kappa shape index (κ3) is 5.53. The number of carbonyl (C=O) groups excluding carboxylic acids is 3. The summed E-state index contributed by atoms with van der Waals surface area (Å²) in [5, 5.41) is 11.5. The lowest BCUT2D eigenvalue weighted by Gasteiger charge is -2.24. The molecule has 0 aromatic heterocycles. The second-order valence-corrected chi connectivity index (χ2v) is 8.65. The van der Waals surface area contributed by atoms with E-state index in [2.05, 4.69) is 0 Å². The zero-order valence-electron chi connectivity index (χ0n) is 16.3. The second kappa shape index (κ2) is 9.79. The molecule has 2 aromatic carbocycles. The number of anilines is 1. The predicted molar refractivity (Wildman–Crippen MR) is 122 cm³/mol. The smallest absolute Gasteiger partial charge is 0.424 e. The van der Waals surface area contributed by atoms with Gasteiger partial charge in [-0.25, -0.2) is 19.4 Å². The highest BCUT2D eigenvalue weighted by molar-refractivity contribution is 14.1. The molecule has 1 saturated carbocycles. The van der Waals surface area contributed by atoms with E-state index in [9.17, 15) is 23.6 Å². The minimum absolute atomic E-state index is 0.0587. The van der Waals surface area contributed by atoms with Gasteiger partial charge in [-0.3, -0.25) is 14.9 Å². The molecular formula is C20H17ClFIN4O5. The highest BCUT2D eigenvalue weighted by Crippen LogP contribution is 2.35. The Bertz CT molecular complexity index is 1110. The first-order chi connectivity index (χ1) is 15.1. The summed E-state index contributed by atoms with van der Waals surface area (Å²) in [4.78, 5) is 48.7. The Hall–Kier alpha value is -2.77. The first kappa shape index (κ1) is 23.9. The molecule has 0 saturated heterocycles. The summed E-state index contributed by atoms with van der Waals surface area (Å²) in [7, 11) is 0. The third-order valence-electron chi connectivity index (χ3n) is 4.66. The Balaban J connectivity index is 1.89. The summed E-state index contributed by atoms with van der Waals surface area (Å²) in [6, 6.07) is 5.63. The number of nitrogens with one attached hydrogen (secondary N) is 2. The van der Waals surface area contributed by atoms with Gasteiger partial charge in [0.15, 0.2) is 5.78 Å². The van der Waals surface area contributed by atoms with Gasteiger partial charge in [0, 0.05) is 9.49 Å². The molecule has 1 aliphatic carbocycles. The summed E-state index contributed by atoms with van der Waals surface area (Å²) < 4.78 is 14.6. The second-order valence-electron chi connectivity index (χ2n) is 7.00. The van der Waals surface area contributed by atoms with Crippen LogP contribution in [0.15, 0.2) is 36.4 Å². The minimum Gasteiger partial charge on any atom is -0.464 e. The van der Waals surface area contributed by atoms with E-state index in [1.54, 1.807) is 0 Å². The number of imide groups is 1. The number of hydrogen-bond donors (Lipinski definition) is 4. The van der Waals surface area contributed by atoms with Crippen LogP contribution in [0.1, 0.15) is 34.8 Å². The van der Waals surface area contributed by atoms with Crippen LogP contribution in [0.3, 0.4) is 0 Å². The van der Waals surface area contributed by atoms with E-state index in [1.165, 1.54) is 30.3 Å². The number of nitrogens with zero attached hydrogens (tertiary/aromatic N) is 1. The molecular weight excluding hydrogens is 558 g/mol. The van der Waals surface area contributed by atoms with Crippen molar-refractivity contribution in [1.29, 1.82) is 0 Å². The quantitative estimate of drug-likeness (QED) is 0.318. The van der Waals surface area contributed by atoms with Crippen molar-refractivity contribution < 1.29 is 28.7 Å².